The van der Waals surface area contributed by atoms with Gasteiger partial charge in [-0.15, -0.1) is 0 Å². The van der Waals surface area contributed by atoms with E-state index in [0.717, 1.165) is 43.6 Å². The highest BCUT2D eigenvalue weighted by atomic mass is 15.2. The molecular weight excluding hydrogens is 224 g/mol. The molecule has 4 heteroatoms. The van der Waals surface area contributed by atoms with E-state index in [0.29, 0.717) is 0 Å². The fraction of sp³-hybridized carbons (Fsp3) is 0.714. The van der Waals surface area contributed by atoms with Crippen molar-refractivity contribution in [3.05, 3.63) is 11.9 Å². The minimum Gasteiger partial charge on any atom is -0.370 e. The van der Waals surface area contributed by atoms with Crippen LogP contribution in [0.1, 0.15) is 38.7 Å². The van der Waals surface area contributed by atoms with Crippen molar-refractivity contribution >= 4 is 11.6 Å². The Hall–Kier alpha value is -1.32. The Balaban J connectivity index is 2.13. The average Bonchev–Trinajstić information content (AvgIpc) is 2.86. The maximum atomic E-state index is 4.47. The number of hydrogen-bond acceptors (Lipinski definition) is 4. The van der Waals surface area contributed by atoms with Crippen molar-refractivity contribution in [1.29, 1.82) is 0 Å². The van der Waals surface area contributed by atoms with Crippen LogP contribution >= 0.6 is 0 Å². The first kappa shape index (κ1) is 13.1. The standard InChI is InChI=1S/C14H24N4/c1-4-7-15-13-11(3)14(17-10-16-13)18-8-6-12(5-2)9-18/h10,12H,4-9H2,1-3H3,(H,15,16,17). The molecule has 1 aliphatic heterocycles. The van der Waals surface area contributed by atoms with Crippen LogP contribution < -0.4 is 10.2 Å². The minimum atomic E-state index is 0.825. The first-order chi connectivity index (χ1) is 8.76. The molecule has 2 heterocycles. The molecule has 1 atom stereocenters. The smallest absolute Gasteiger partial charge is 0.137 e. The summed E-state index contributed by atoms with van der Waals surface area (Å²) in [6, 6.07) is 0. The van der Waals surface area contributed by atoms with Gasteiger partial charge in [-0.1, -0.05) is 20.3 Å². The molecule has 0 spiro atoms. The third-order valence-corrected chi connectivity index (χ3v) is 3.76. The van der Waals surface area contributed by atoms with Crippen LogP contribution in [0.3, 0.4) is 0 Å². The van der Waals surface area contributed by atoms with Crippen LogP contribution in [0.2, 0.25) is 0 Å². The van der Waals surface area contributed by atoms with Gasteiger partial charge in [0.25, 0.3) is 0 Å². The Kier molecular flexibility index (Phi) is 4.39. The molecule has 18 heavy (non-hydrogen) atoms. The molecule has 0 radical (unpaired) electrons. The van der Waals surface area contributed by atoms with Crippen LogP contribution in [0.15, 0.2) is 6.33 Å². The molecule has 2 rings (SSSR count). The van der Waals surface area contributed by atoms with Gasteiger partial charge < -0.3 is 10.2 Å². The summed E-state index contributed by atoms with van der Waals surface area (Å²) in [5.41, 5.74) is 1.18. The molecule has 4 nitrogen and oxygen atoms in total. The van der Waals surface area contributed by atoms with Gasteiger partial charge in [-0.05, 0) is 25.7 Å². The van der Waals surface area contributed by atoms with Gasteiger partial charge >= 0.3 is 0 Å². The van der Waals surface area contributed by atoms with Crippen LogP contribution in [0.4, 0.5) is 11.6 Å². The fourth-order valence-electron chi connectivity index (χ4n) is 2.54. The molecule has 1 saturated heterocycles. The number of hydrogen-bond donors (Lipinski definition) is 1. The van der Waals surface area contributed by atoms with Gasteiger partial charge in [0.05, 0.1) is 0 Å². The number of nitrogens with zero attached hydrogens (tertiary/aromatic N) is 3. The summed E-state index contributed by atoms with van der Waals surface area (Å²) in [6.45, 7) is 9.79. The molecule has 100 valence electrons. The number of rotatable bonds is 5. The van der Waals surface area contributed by atoms with Crippen LogP contribution in [0, 0.1) is 12.8 Å². The van der Waals surface area contributed by atoms with Crippen molar-refractivity contribution in [2.75, 3.05) is 29.9 Å². The Labute approximate surface area is 110 Å². The number of nitrogens with one attached hydrogen (secondary N) is 1. The molecule has 1 aromatic rings. The van der Waals surface area contributed by atoms with Gasteiger partial charge in [-0.2, -0.15) is 0 Å². The highest BCUT2D eigenvalue weighted by molar-refractivity contribution is 5.58. The van der Waals surface area contributed by atoms with Crippen LogP contribution in [0.25, 0.3) is 0 Å². The van der Waals surface area contributed by atoms with E-state index in [1.165, 1.54) is 18.4 Å². The quantitative estimate of drug-likeness (QED) is 0.870. The molecule has 0 bridgehead atoms. The first-order valence-corrected chi connectivity index (χ1v) is 7.06. The van der Waals surface area contributed by atoms with E-state index in [1.807, 2.05) is 0 Å². The van der Waals surface area contributed by atoms with E-state index in [2.05, 4.69) is 41.0 Å². The Morgan fingerprint density at radius 1 is 1.39 bits per heavy atom. The van der Waals surface area contributed by atoms with Gasteiger partial charge in [0, 0.05) is 25.2 Å². The highest BCUT2D eigenvalue weighted by Crippen LogP contribution is 2.28. The maximum Gasteiger partial charge on any atom is 0.137 e. The molecular formula is C14H24N4. The van der Waals surface area contributed by atoms with Crippen molar-refractivity contribution in [3.63, 3.8) is 0 Å². The summed E-state index contributed by atoms with van der Waals surface area (Å²) >= 11 is 0. The normalized spacial score (nSPS) is 19.3. The molecule has 1 unspecified atom stereocenters. The lowest BCUT2D eigenvalue weighted by Crippen LogP contribution is -2.22. The van der Waals surface area contributed by atoms with Gasteiger partial charge in [-0.3, -0.25) is 0 Å². The summed E-state index contributed by atoms with van der Waals surface area (Å²) in [6.07, 6.45) is 5.35. The lowest BCUT2D eigenvalue weighted by Gasteiger charge is -2.20. The van der Waals surface area contributed by atoms with Gasteiger partial charge in [0.1, 0.15) is 18.0 Å². The van der Waals surface area contributed by atoms with Crippen molar-refractivity contribution in [2.45, 2.75) is 40.0 Å². The first-order valence-electron chi connectivity index (χ1n) is 7.06. The predicted molar refractivity (Wildman–Crippen MR) is 76.2 cm³/mol. The van der Waals surface area contributed by atoms with Crippen molar-refractivity contribution < 1.29 is 0 Å². The maximum absolute atomic E-state index is 4.47. The topological polar surface area (TPSA) is 41.1 Å². The molecule has 0 aliphatic carbocycles. The zero-order valence-electron chi connectivity index (χ0n) is 11.7. The Morgan fingerprint density at radius 2 is 2.22 bits per heavy atom. The fourth-order valence-corrected chi connectivity index (χ4v) is 2.54. The second kappa shape index (κ2) is 6.03. The van der Waals surface area contributed by atoms with Crippen molar-refractivity contribution in [1.82, 2.24) is 9.97 Å². The molecule has 1 fully saturated rings. The lowest BCUT2D eigenvalue weighted by molar-refractivity contribution is 0.568. The summed E-state index contributed by atoms with van der Waals surface area (Å²) in [4.78, 5) is 11.2. The molecule has 1 aliphatic rings. The third-order valence-electron chi connectivity index (χ3n) is 3.76. The summed E-state index contributed by atoms with van der Waals surface area (Å²) in [7, 11) is 0. The molecule has 0 amide bonds. The van der Waals surface area contributed by atoms with E-state index < -0.39 is 0 Å². The Bertz CT molecular complexity index is 391. The number of aromatic nitrogens is 2. The monoisotopic (exact) mass is 248 g/mol. The van der Waals surface area contributed by atoms with E-state index in [4.69, 9.17) is 0 Å². The molecule has 1 aromatic heterocycles. The van der Waals surface area contributed by atoms with Gasteiger partial charge in [-0.25, -0.2) is 9.97 Å². The molecule has 0 saturated carbocycles. The largest absolute Gasteiger partial charge is 0.370 e. The summed E-state index contributed by atoms with van der Waals surface area (Å²) in [5, 5.41) is 3.37. The van der Waals surface area contributed by atoms with E-state index in [-0.39, 0.29) is 0 Å². The van der Waals surface area contributed by atoms with E-state index in [9.17, 15) is 0 Å². The summed E-state index contributed by atoms with van der Waals surface area (Å²) < 4.78 is 0. The van der Waals surface area contributed by atoms with Crippen molar-refractivity contribution in [3.8, 4) is 0 Å². The highest BCUT2D eigenvalue weighted by Gasteiger charge is 2.23. The third kappa shape index (κ3) is 2.74. The molecule has 0 aromatic carbocycles. The van der Waals surface area contributed by atoms with E-state index >= 15 is 0 Å². The second-order valence-electron chi connectivity index (χ2n) is 5.11. The summed E-state index contributed by atoms with van der Waals surface area (Å²) in [5.74, 6) is 2.92. The zero-order valence-corrected chi connectivity index (χ0v) is 11.7. The predicted octanol–water partition coefficient (Wildman–Crippen LogP) is 2.84. The van der Waals surface area contributed by atoms with Crippen LogP contribution in [-0.2, 0) is 0 Å². The van der Waals surface area contributed by atoms with Crippen LogP contribution in [-0.4, -0.2) is 29.6 Å². The van der Waals surface area contributed by atoms with Gasteiger partial charge in [0.2, 0.25) is 0 Å². The number of anilines is 2. The van der Waals surface area contributed by atoms with Crippen molar-refractivity contribution in [2.24, 2.45) is 5.92 Å². The lowest BCUT2D eigenvalue weighted by atomic mass is 10.1. The minimum absolute atomic E-state index is 0.825. The Morgan fingerprint density at radius 3 is 2.89 bits per heavy atom. The van der Waals surface area contributed by atoms with E-state index in [1.54, 1.807) is 6.33 Å². The second-order valence-corrected chi connectivity index (χ2v) is 5.11. The zero-order chi connectivity index (χ0) is 13.0. The average molecular weight is 248 g/mol. The van der Waals surface area contributed by atoms with Crippen LogP contribution in [0.5, 0.6) is 0 Å². The van der Waals surface area contributed by atoms with Gasteiger partial charge in [0.15, 0.2) is 0 Å². The molecule has 1 N–H and O–H groups in total. The SMILES string of the molecule is CCCNc1ncnc(N2CCC(CC)C2)c1C.